The normalized spacial score (nSPS) is 11.6. The maximum atomic E-state index is 11.5. The second kappa shape index (κ2) is 5.54. The van der Waals surface area contributed by atoms with E-state index in [-0.39, 0.29) is 0 Å². The van der Waals surface area contributed by atoms with Crippen LogP contribution in [0.2, 0.25) is 0 Å². The Kier molecular flexibility index (Phi) is 3.69. The van der Waals surface area contributed by atoms with Gasteiger partial charge < -0.3 is 4.74 Å². The van der Waals surface area contributed by atoms with Crippen LogP contribution in [0.25, 0.3) is 22.3 Å². The van der Waals surface area contributed by atoms with Gasteiger partial charge >= 0.3 is 0 Å². The zero-order chi connectivity index (χ0) is 16.6. The lowest BCUT2D eigenvalue weighted by molar-refractivity contribution is 0.417. The molecule has 0 fully saturated rings. The molecule has 0 atom stereocenters. The van der Waals surface area contributed by atoms with Gasteiger partial charge in [0.25, 0.3) is 0 Å². The first kappa shape index (κ1) is 15.3. The van der Waals surface area contributed by atoms with Crippen LogP contribution in [-0.2, 0) is 10.0 Å². The van der Waals surface area contributed by atoms with Gasteiger partial charge in [-0.05, 0) is 36.8 Å². The predicted molar refractivity (Wildman–Crippen MR) is 89.1 cm³/mol. The molecule has 0 saturated carbocycles. The number of nitrogens with one attached hydrogen (secondary N) is 2. The van der Waals surface area contributed by atoms with Gasteiger partial charge in [0.1, 0.15) is 5.75 Å². The standard InChI is InChI=1S/C15H16N4O3S/c1-9-6-13(11-4-5-16-18-11)17-12-8-14(19-23(3,20)21)15(22-2)7-10(9)12/h4-8,19H,1-3H3,(H,16,18). The summed E-state index contributed by atoms with van der Waals surface area (Å²) in [5, 5.41) is 7.69. The van der Waals surface area contributed by atoms with E-state index in [0.717, 1.165) is 28.6 Å². The number of aromatic amines is 1. The van der Waals surface area contributed by atoms with E-state index in [9.17, 15) is 8.42 Å². The molecule has 0 aliphatic carbocycles. The van der Waals surface area contributed by atoms with Crippen LogP contribution < -0.4 is 9.46 Å². The summed E-state index contributed by atoms with van der Waals surface area (Å²) in [5.41, 5.74) is 3.56. The Morgan fingerprint density at radius 1 is 1.26 bits per heavy atom. The molecule has 0 spiro atoms. The fourth-order valence-corrected chi connectivity index (χ4v) is 2.97. The van der Waals surface area contributed by atoms with E-state index < -0.39 is 10.0 Å². The van der Waals surface area contributed by atoms with Crippen LogP contribution in [0.15, 0.2) is 30.5 Å². The molecular weight excluding hydrogens is 316 g/mol. The number of fused-ring (bicyclic) bond motifs is 1. The molecule has 0 bridgehead atoms. The molecule has 3 aromatic rings. The zero-order valence-corrected chi connectivity index (χ0v) is 13.7. The van der Waals surface area contributed by atoms with Crippen LogP contribution in [0.4, 0.5) is 5.69 Å². The third-order valence-corrected chi connectivity index (χ3v) is 4.00. The largest absolute Gasteiger partial charge is 0.495 e. The quantitative estimate of drug-likeness (QED) is 0.764. The monoisotopic (exact) mass is 332 g/mol. The number of aryl methyl sites for hydroxylation is 1. The van der Waals surface area contributed by atoms with E-state index in [1.54, 1.807) is 18.3 Å². The molecule has 0 unspecified atom stereocenters. The van der Waals surface area contributed by atoms with Crippen molar-refractivity contribution in [3.05, 3.63) is 36.0 Å². The van der Waals surface area contributed by atoms with Gasteiger partial charge in [0.2, 0.25) is 10.0 Å². The molecule has 0 aliphatic rings. The van der Waals surface area contributed by atoms with Crippen LogP contribution in [0, 0.1) is 6.92 Å². The van der Waals surface area contributed by atoms with Crippen molar-refractivity contribution >= 4 is 26.6 Å². The summed E-state index contributed by atoms with van der Waals surface area (Å²) < 4.78 is 30.8. The first-order valence-electron chi connectivity index (χ1n) is 6.84. The highest BCUT2D eigenvalue weighted by Gasteiger charge is 2.13. The van der Waals surface area contributed by atoms with Gasteiger partial charge in [-0.25, -0.2) is 13.4 Å². The van der Waals surface area contributed by atoms with Crippen molar-refractivity contribution in [2.45, 2.75) is 6.92 Å². The molecule has 8 heteroatoms. The maximum Gasteiger partial charge on any atom is 0.229 e. The Labute approximate surface area is 133 Å². The molecule has 23 heavy (non-hydrogen) atoms. The molecule has 3 rings (SSSR count). The summed E-state index contributed by atoms with van der Waals surface area (Å²) in [4.78, 5) is 4.58. The number of hydrogen-bond acceptors (Lipinski definition) is 5. The zero-order valence-electron chi connectivity index (χ0n) is 12.9. The Morgan fingerprint density at radius 2 is 2.04 bits per heavy atom. The average Bonchev–Trinajstić information content (AvgIpc) is 2.99. The van der Waals surface area contributed by atoms with Gasteiger partial charge in [-0.1, -0.05) is 0 Å². The maximum absolute atomic E-state index is 11.5. The SMILES string of the molecule is COc1cc2c(C)cc(-c3ccn[nH]3)nc2cc1NS(C)(=O)=O. The lowest BCUT2D eigenvalue weighted by Gasteiger charge is -2.13. The molecule has 1 aromatic carbocycles. The lowest BCUT2D eigenvalue weighted by Crippen LogP contribution is -2.10. The summed E-state index contributed by atoms with van der Waals surface area (Å²) in [6.45, 7) is 1.97. The minimum atomic E-state index is -3.42. The summed E-state index contributed by atoms with van der Waals surface area (Å²) in [7, 11) is -1.92. The number of aromatic nitrogens is 3. The van der Waals surface area contributed by atoms with E-state index >= 15 is 0 Å². The number of rotatable bonds is 4. The molecule has 0 aliphatic heterocycles. The van der Waals surface area contributed by atoms with Gasteiger partial charge in [-0.3, -0.25) is 9.82 Å². The Morgan fingerprint density at radius 3 is 2.65 bits per heavy atom. The summed E-state index contributed by atoms with van der Waals surface area (Å²) in [6, 6.07) is 7.22. The number of H-pyrrole nitrogens is 1. The summed E-state index contributed by atoms with van der Waals surface area (Å²) in [5.74, 6) is 0.446. The first-order chi connectivity index (χ1) is 10.9. The minimum absolute atomic E-state index is 0.358. The Hall–Kier alpha value is -2.61. The van der Waals surface area contributed by atoms with Gasteiger partial charge in [-0.2, -0.15) is 5.10 Å². The Balaban J connectivity index is 2.22. The van der Waals surface area contributed by atoms with Gasteiger partial charge in [-0.15, -0.1) is 0 Å². The number of methoxy groups -OCH3 is 1. The molecule has 2 N–H and O–H groups in total. The van der Waals surface area contributed by atoms with E-state index in [2.05, 4.69) is 19.9 Å². The number of pyridine rings is 1. The van der Waals surface area contributed by atoms with Crippen molar-refractivity contribution in [1.29, 1.82) is 0 Å². The topological polar surface area (TPSA) is 97.0 Å². The number of nitrogens with zero attached hydrogens (tertiary/aromatic N) is 2. The number of anilines is 1. The van der Waals surface area contributed by atoms with E-state index in [1.165, 1.54) is 7.11 Å². The van der Waals surface area contributed by atoms with Crippen LogP contribution in [-0.4, -0.2) is 37.0 Å². The fraction of sp³-hybridized carbons (Fsp3) is 0.200. The summed E-state index contributed by atoms with van der Waals surface area (Å²) in [6.07, 6.45) is 2.75. The third kappa shape index (κ3) is 3.11. The Bertz CT molecular complexity index is 966. The second-order valence-corrected chi connectivity index (χ2v) is 6.99. The highest BCUT2D eigenvalue weighted by atomic mass is 32.2. The number of ether oxygens (including phenoxy) is 1. The van der Waals surface area contributed by atoms with Crippen LogP contribution >= 0.6 is 0 Å². The van der Waals surface area contributed by atoms with Crippen molar-refractivity contribution < 1.29 is 13.2 Å². The van der Waals surface area contributed by atoms with Crippen molar-refractivity contribution in [2.24, 2.45) is 0 Å². The van der Waals surface area contributed by atoms with Gasteiger partial charge in [0.15, 0.2) is 0 Å². The van der Waals surface area contributed by atoms with E-state index in [0.29, 0.717) is 17.0 Å². The lowest BCUT2D eigenvalue weighted by atomic mass is 10.1. The van der Waals surface area contributed by atoms with Crippen molar-refractivity contribution in [3.63, 3.8) is 0 Å². The molecule has 0 saturated heterocycles. The average molecular weight is 332 g/mol. The van der Waals surface area contributed by atoms with Crippen molar-refractivity contribution in [2.75, 3.05) is 18.1 Å². The molecule has 0 radical (unpaired) electrons. The molecule has 2 aromatic heterocycles. The minimum Gasteiger partial charge on any atom is -0.495 e. The van der Waals surface area contributed by atoms with Crippen LogP contribution in [0.3, 0.4) is 0 Å². The van der Waals surface area contributed by atoms with Crippen LogP contribution in [0.5, 0.6) is 5.75 Å². The second-order valence-electron chi connectivity index (χ2n) is 5.24. The van der Waals surface area contributed by atoms with Crippen molar-refractivity contribution in [3.8, 4) is 17.1 Å². The van der Waals surface area contributed by atoms with E-state index in [1.807, 2.05) is 19.1 Å². The molecule has 0 amide bonds. The summed E-state index contributed by atoms with van der Waals surface area (Å²) >= 11 is 0. The molecular formula is C15H16N4O3S. The number of hydrogen-bond donors (Lipinski definition) is 2. The molecule has 7 nitrogen and oxygen atoms in total. The van der Waals surface area contributed by atoms with Crippen LogP contribution in [0.1, 0.15) is 5.56 Å². The number of sulfonamides is 1. The predicted octanol–water partition coefficient (Wildman–Crippen LogP) is 2.31. The molecule has 2 heterocycles. The van der Waals surface area contributed by atoms with Crippen molar-refractivity contribution in [1.82, 2.24) is 15.2 Å². The first-order valence-corrected chi connectivity index (χ1v) is 8.73. The number of benzene rings is 1. The fourth-order valence-electron chi connectivity index (χ4n) is 2.41. The smallest absolute Gasteiger partial charge is 0.229 e. The van der Waals surface area contributed by atoms with Gasteiger partial charge in [0, 0.05) is 11.6 Å². The highest BCUT2D eigenvalue weighted by molar-refractivity contribution is 7.92. The van der Waals surface area contributed by atoms with E-state index in [4.69, 9.17) is 4.74 Å². The third-order valence-electron chi connectivity index (χ3n) is 3.41. The molecule has 120 valence electrons. The van der Waals surface area contributed by atoms with Gasteiger partial charge in [0.05, 0.1) is 36.0 Å². The highest BCUT2D eigenvalue weighted by Crippen LogP contribution is 2.33.